The number of hydrogen-bond acceptors (Lipinski definition) is 2. The van der Waals surface area contributed by atoms with Gasteiger partial charge < -0.3 is 10.6 Å². The summed E-state index contributed by atoms with van der Waals surface area (Å²) in [6.07, 6.45) is 3.66. The van der Waals surface area contributed by atoms with E-state index in [9.17, 15) is 4.79 Å². The van der Waals surface area contributed by atoms with Crippen LogP contribution < -0.4 is 10.6 Å². The van der Waals surface area contributed by atoms with Gasteiger partial charge in [-0.25, -0.2) is 9.48 Å². The SMILES string of the molecule is CC(C)NC(=O)NCc1cnn(-c2ccccc2)c1. The van der Waals surface area contributed by atoms with Crippen LogP contribution in [0.4, 0.5) is 4.79 Å². The maximum absolute atomic E-state index is 11.5. The summed E-state index contributed by atoms with van der Waals surface area (Å²) in [5.74, 6) is 0. The second kappa shape index (κ2) is 6.04. The van der Waals surface area contributed by atoms with Gasteiger partial charge in [0.1, 0.15) is 0 Å². The summed E-state index contributed by atoms with van der Waals surface area (Å²) in [5, 5.41) is 9.84. The minimum Gasteiger partial charge on any atom is -0.336 e. The Morgan fingerprint density at radius 3 is 2.74 bits per heavy atom. The third kappa shape index (κ3) is 3.84. The van der Waals surface area contributed by atoms with Gasteiger partial charge in [0, 0.05) is 24.3 Å². The molecule has 2 rings (SSSR count). The molecule has 0 saturated heterocycles. The molecule has 0 fully saturated rings. The number of nitrogens with zero attached hydrogens (tertiary/aromatic N) is 2. The molecule has 1 aromatic carbocycles. The first kappa shape index (κ1) is 13.1. The standard InChI is InChI=1S/C14H18N4O/c1-11(2)17-14(19)15-8-12-9-16-18(10-12)13-6-4-3-5-7-13/h3-7,9-11H,8H2,1-2H3,(H2,15,17,19). The molecule has 0 radical (unpaired) electrons. The molecule has 0 spiro atoms. The molecule has 1 heterocycles. The molecule has 0 unspecified atom stereocenters. The number of benzene rings is 1. The minimum atomic E-state index is -0.164. The second-order valence-corrected chi connectivity index (χ2v) is 4.61. The molecular formula is C14H18N4O. The molecule has 0 bridgehead atoms. The largest absolute Gasteiger partial charge is 0.336 e. The van der Waals surface area contributed by atoms with Gasteiger partial charge in [-0.2, -0.15) is 5.10 Å². The number of carbonyl (C=O) groups is 1. The zero-order chi connectivity index (χ0) is 13.7. The van der Waals surface area contributed by atoms with E-state index in [1.165, 1.54) is 0 Å². The summed E-state index contributed by atoms with van der Waals surface area (Å²) in [4.78, 5) is 11.5. The van der Waals surface area contributed by atoms with Gasteiger partial charge in [0.15, 0.2) is 0 Å². The summed E-state index contributed by atoms with van der Waals surface area (Å²) in [6, 6.07) is 9.82. The molecule has 2 amide bonds. The maximum Gasteiger partial charge on any atom is 0.315 e. The fourth-order valence-corrected chi connectivity index (χ4v) is 1.67. The average molecular weight is 258 g/mol. The van der Waals surface area contributed by atoms with Crippen molar-refractivity contribution in [2.45, 2.75) is 26.4 Å². The Bertz CT molecular complexity index is 533. The normalized spacial score (nSPS) is 10.5. The van der Waals surface area contributed by atoms with Crippen LogP contribution >= 0.6 is 0 Å². The molecule has 0 aliphatic heterocycles. The molecular weight excluding hydrogens is 240 g/mol. The molecule has 1 aromatic heterocycles. The van der Waals surface area contributed by atoms with Crippen LogP contribution in [0.3, 0.4) is 0 Å². The van der Waals surface area contributed by atoms with Crippen molar-refractivity contribution in [1.82, 2.24) is 20.4 Å². The van der Waals surface area contributed by atoms with E-state index in [2.05, 4.69) is 15.7 Å². The number of hydrogen-bond donors (Lipinski definition) is 2. The number of rotatable bonds is 4. The lowest BCUT2D eigenvalue weighted by Gasteiger charge is -2.08. The predicted molar refractivity (Wildman–Crippen MR) is 74.1 cm³/mol. The van der Waals surface area contributed by atoms with Crippen LogP contribution in [0.1, 0.15) is 19.4 Å². The Morgan fingerprint density at radius 2 is 2.05 bits per heavy atom. The molecule has 5 heteroatoms. The van der Waals surface area contributed by atoms with Crippen molar-refractivity contribution in [3.8, 4) is 5.69 Å². The number of urea groups is 1. The third-order valence-corrected chi connectivity index (χ3v) is 2.53. The predicted octanol–water partition coefficient (Wildman–Crippen LogP) is 2.08. The highest BCUT2D eigenvalue weighted by Gasteiger charge is 2.04. The third-order valence-electron chi connectivity index (χ3n) is 2.53. The smallest absolute Gasteiger partial charge is 0.315 e. The van der Waals surface area contributed by atoms with Crippen molar-refractivity contribution in [2.24, 2.45) is 0 Å². The molecule has 0 saturated carbocycles. The maximum atomic E-state index is 11.5. The first-order valence-electron chi connectivity index (χ1n) is 6.28. The number of amides is 2. The Kier molecular flexibility index (Phi) is 4.18. The van der Waals surface area contributed by atoms with Crippen LogP contribution in [0.5, 0.6) is 0 Å². The molecule has 100 valence electrons. The molecule has 0 atom stereocenters. The Hall–Kier alpha value is -2.30. The molecule has 2 N–H and O–H groups in total. The van der Waals surface area contributed by atoms with Gasteiger partial charge in [-0.15, -0.1) is 0 Å². The lowest BCUT2D eigenvalue weighted by molar-refractivity contribution is 0.238. The highest BCUT2D eigenvalue weighted by Crippen LogP contribution is 2.07. The molecule has 19 heavy (non-hydrogen) atoms. The fourth-order valence-electron chi connectivity index (χ4n) is 1.67. The zero-order valence-electron chi connectivity index (χ0n) is 11.1. The summed E-state index contributed by atoms with van der Waals surface area (Å²) in [5.41, 5.74) is 1.96. The van der Waals surface area contributed by atoms with Crippen LogP contribution in [0, 0.1) is 0 Å². The highest BCUT2D eigenvalue weighted by atomic mass is 16.2. The van der Waals surface area contributed by atoms with E-state index in [4.69, 9.17) is 0 Å². The van der Waals surface area contributed by atoms with E-state index < -0.39 is 0 Å². The van der Waals surface area contributed by atoms with Crippen molar-refractivity contribution >= 4 is 6.03 Å². The summed E-state index contributed by atoms with van der Waals surface area (Å²) >= 11 is 0. The number of carbonyl (C=O) groups excluding carboxylic acids is 1. The van der Waals surface area contributed by atoms with E-state index >= 15 is 0 Å². The van der Waals surface area contributed by atoms with Gasteiger partial charge >= 0.3 is 6.03 Å². The number of nitrogens with one attached hydrogen (secondary N) is 2. The zero-order valence-corrected chi connectivity index (χ0v) is 11.1. The molecule has 5 nitrogen and oxygen atoms in total. The van der Waals surface area contributed by atoms with E-state index in [0.717, 1.165) is 11.3 Å². The van der Waals surface area contributed by atoms with Crippen LogP contribution in [0.15, 0.2) is 42.7 Å². The monoisotopic (exact) mass is 258 g/mol. The van der Waals surface area contributed by atoms with Crippen LogP contribution in [0.25, 0.3) is 5.69 Å². The summed E-state index contributed by atoms with van der Waals surface area (Å²) in [6.45, 7) is 4.31. The molecule has 2 aromatic rings. The van der Waals surface area contributed by atoms with Crippen molar-refractivity contribution < 1.29 is 4.79 Å². The molecule has 0 aliphatic rings. The van der Waals surface area contributed by atoms with E-state index in [1.54, 1.807) is 10.9 Å². The lowest BCUT2D eigenvalue weighted by atomic mass is 10.3. The van der Waals surface area contributed by atoms with Crippen molar-refractivity contribution in [3.63, 3.8) is 0 Å². The van der Waals surface area contributed by atoms with Gasteiger partial charge in [-0.3, -0.25) is 0 Å². The van der Waals surface area contributed by atoms with E-state index in [1.807, 2.05) is 50.4 Å². The van der Waals surface area contributed by atoms with Gasteiger partial charge in [-0.1, -0.05) is 18.2 Å². The van der Waals surface area contributed by atoms with Gasteiger partial charge in [0.05, 0.1) is 11.9 Å². The van der Waals surface area contributed by atoms with Gasteiger partial charge in [0.25, 0.3) is 0 Å². The number of aromatic nitrogens is 2. The Labute approximate surface area is 112 Å². The van der Waals surface area contributed by atoms with Crippen LogP contribution in [0.2, 0.25) is 0 Å². The average Bonchev–Trinajstić information content (AvgIpc) is 2.85. The van der Waals surface area contributed by atoms with Crippen LogP contribution in [-0.4, -0.2) is 21.9 Å². The van der Waals surface area contributed by atoms with Gasteiger partial charge in [0.2, 0.25) is 0 Å². The quantitative estimate of drug-likeness (QED) is 0.882. The molecule has 0 aliphatic carbocycles. The van der Waals surface area contributed by atoms with Crippen LogP contribution in [-0.2, 0) is 6.54 Å². The van der Waals surface area contributed by atoms with Crippen molar-refractivity contribution in [2.75, 3.05) is 0 Å². The van der Waals surface area contributed by atoms with Crippen molar-refractivity contribution in [3.05, 3.63) is 48.3 Å². The van der Waals surface area contributed by atoms with Crippen molar-refractivity contribution in [1.29, 1.82) is 0 Å². The summed E-state index contributed by atoms with van der Waals surface area (Å²) < 4.78 is 1.79. The topological polar surface area (TPSA) is 59.0 Å². The second-order valence-electron chi connectivity index (χ2n) is 4.61. The minimum absolute atomic E-state index is 0.132. The highest BCUT2D eigenvalue weighted by molar-refractivity contribution is 5.74. The first-order chi connectivity index (χ1) is 9.15. The Morgan fingerprint density at radius 1 is 1.32 bits per heavy atom. The lowest BCUT2D eigenvalue weighted by Crippen LogP contribution is -2.38. The van der Waals surface area contributed by atoms with E-state index in [-0.39, 0.29) is 12.1 Å². The van der Waals surface area contributed by atoms with Gasteiger partial charge in [-0.05, 0) is 26.0 Å². The fraction of sp³-hybridized carbons (Fsp3) is 0.286. The summed E-state index contributed by atoms with van der Waals surface area (Å²) in [7, 11) is 0. The van der Waals surface area contributed by atoms with E-state index in [0.29, 0.717) is 6.54 Å². The first-order valence-corrected chi connectivity index (χ1v) is 6.28. The number of para-hydroxylation sites is 1. The Balaban J connectivity index is 1.93.